The number of hydrogen-bond acceptors (Lipinski definition) is 12. The van der Waals surface area contributed by atoms with Crippen molar-refractivity contribution >= 4 is 44.0 Å². The number of nitro benzene ring substituents is 1. The lowest BCUT2D eigenvalue weighted by Gasteiger charge is -2.56. The van der Waals surface area contributed by atoms with Crippen molar-refractivity contribution in [1.82, 2.24) is 24.5 Å². The predicted molar refractivity (Wildman–Crippen MR) is 247 cm³/mol. The third-order valence-corrected chi connectivity index (χ3v) is 15.3. The topological polar surface area (TPSA) is 175 Å². The summed E-state index contributed by atoms with van der Waals surface area (Å²) >= 11 is 0. The number of sulfonamides is 1. The van der Waals surface area contributed by atoms with E-state index in [0.29, 0.717) is 47.8 Å². The summed E-state index contributed by atoms with van der Waals surface area (Å²) < 4.78 is 42.3. The van der Waals surface area contributed by atoms with Crippen LogP contribution in [-0.4, -0.2) is 97.5 Å². The highest BCUT2D eigenvalue weighted by atomic mass is 32.2. The second-order valence-electron chi connectivity index (χ2n) is 19.1. The molecule has 4 aliphatic rings. The number of hydrogen-bond donors (Lipinski definition) is 3. The summed E-state index contributed by atoms with van der Waals surface area (Å²) in [5.41, 5.74) is 3.74. The number of fused-ring (bicyclic) bond motifs is 2. The van der Waals surface area contributed by atoms with Crippen LogP contribution in [0.25, 0.3) is 11.0 Å². The molecule has 1 unspecified atom stereocenters. The van der Waals surface area contributed by atoms with Crippen LogP contribution in [0, 0.1) is 15.5 Å². The first-order valence-corrected chi connectivity index (χ1v) is 23.9. The van der Waals surface area contributed by atoms with Crippen molar-refractivity contribution in [1.29, 1.82) is 0 Å². The Labute approximate surface area is 374 Å². The first-order valence-electron chi connectivity index (χ1n) is 22.4. The first kappa shape index (κ1) is 43.5. The Hall–Kier alpha value is -5.71. The molecular weight excluding hydrogens is 833 g/mol. The largest absolute Gasteiger partial charge is 0.489 e. The van der Waals surface area contributed by atoms with Gasteiger partial charge in [-0.05, 0) is 126 Å². The Kier molecular flexibility index (Phi) is 11.6. The number of ether oxygens (including phenoxy) is 2. The molecule has 2 atom stereocenters. The van der Waals surface area contributed by atoms with Gasteiger partial charge in [-0.1, -0.05) is 38.1 Å². The standard InChI is InChI=1S/C48H58N8O7S/c1-31(2)37-9-6-7-10-38(37)40-11-8-19-55(40)34-27-48(28-34)16-21-54(22-17-48)33-12-13-39(42(24-33)63-35-23-32-14-18-49-45(32)50-29-35)46(57)52-64(60,61)36-25-41(56(58)59)44-43(26-36)62-30-47(3,51-44)15-20-53(4)5/h6-7,9-10,12-14,18,23-26,29,31,34,40,51H,8,11,15-17,19-22,27-28,30H2,1-5H3,(H,49,50)(H,52,57)/t40-,47?/m0/s1. The van der Waals surface area contributed by atoms with E-state index in [9.17, 15) is 23.3 Å². The number of nitrogens with one attached hydrogen (secondary N) is 3. The molecule has 5 heterocycles. The molecule has 1 spiro atoms. The zero-order valence-corrected chi connectivity index (χ0v) is 38.0. The van der Waals surface area contributed by atoms with Gasteiger partial charge < -0.3 is 29.6 Å². The summed E-state index contributed by atoms with van der Waals surface area (Å²) in [5, 5.41) is 16.4. The van der Waals surface area contributed by atoms with E-state index in [1.54, 1.807) is 30.6 Å². The Morgan fingerprint density at radius 1 is 1.08 bits per heavy atom. The number of pyridine rings is 1. The minimum atomic E-state index is -4.64. The summed E-state index contributed by atoms with van der Waals surface area (Å²) in [5.74, 6) is 0.0606. The minimum Gasteiger partial charge on any atom is -0.489 e. The van der Waals surface area contributed by atoms with Gasteiger partial charge in [0.05, 0.1) is 27.1 Å². The van der Waals surface area contributed by atoms with E-state index >= 15 is 0 Å². The Morgan fingerprint density at radius 2 is 1.86 bits per heavy atom. The second-order valence-corrected chi connectivity index (χ2v) is 20.8. The van der Waals surface area contributed by atoms with Crippen LogP contribution in [0.2, 0.25) is 0 Å². The van der Waals surface area contributed by atoms with E-state index in [0.717, 1.165) is 49.6 Å². The van der Waals surface area contributed by atoms with Crippen LogP contribution in [0.3, 0.4) is 0 Å². The maximum absolute atomic E-state index is 14.1. The molecule has 3 fully saturated rings. The van der Waals surface area contributed by atoms with Gasteiger partial charge in [-0.15, -0.1) is 0 Å². The summed E-state index contributed by atoms with van der Waals surface area (Å²) in [6.07, 6.45) is 10.9. The average Bonchev–Trinajstić information content (AvgIpc) is 3.94. The van der Waals surface area contributed by atoms with E-state index in [1.807, 2.05) is 38.1 Å². The number of nitrogens with zero attached hydrogens (tertiary/aromatic N) is 5. The second kappa shape index (κ2) is 17.0. The minimum absolute atomic E-state index is 0.0127. The van der Waals surface area contributed by atoms with Crippen molar-refractivity contribution < 1.29 is 27.6 Å². The van der Waals surface area contributed by atoms with Crippen LogP contribution >= 0.6 is 0 Å². The molecule has 1 aliphatic carbocycles. The van der Waals surface area contributed by atoms with Gasteiger partial charge in [0.25, 0.3) is 21.6 Å². The van der Waals surface area contributed by atoms with E-state index in [1.165, 1.54) is 42.9 Å². The average molecular weight is 891 g/mol. The van der Waals surface area contributed by atoms with Gasteiger partial charge in [0, 0.05) is 60.6 Å². The van der Waals surface area contributed by atoms with Gasteiger partial charge in [-0.3, -0.25) is 19.8 Å². The zero-order valence-electron chi connectivity index (χ0n) is 37.2. The fourth-order valence-corrected chi connectivity index (χ4v) is 11.3. The lowest BCUT2D eigenvalue weighted by molar-refractivity contribution is -0.384. The molecule has 2 aromatic heterocycles. The van der Waals surface area contributed by atoms with Crippen molar-refractivity contribution in [3.63, 3.8) is 0 Å². The van der Waals surface area contributed by atoms with E-state index in [4.69, 9.17) is 9.47 Å². The molecule has 0 radical (unpaired) electrons. The number of rotatable bonds is 13. The lowest BCUT2D eigenvalue weighted by atomic mass is 9.59. The molecule has 1 amide bonds. The lowest BCUT2D eigenvalue weighted by Crippen LogP contribution is -2.54. The summed E-state index contributed by atoms with van der Waals surface area (Å²) in [4.78, 5) is 39.9. The van der Waals surface area contributed by atoms with Crippen LogP contribution in [0.1, 0.15) is 99.2 Å². The number of anilines is 2. The van der Waals surface area contributed by atoms with Crippen LogP contribution in [0.4, 0.5) is 17.1 Å². The Morgan fingerprint density at radius 3 is 2.61 bits per heavy atom. The summed E-state index contributed by atoms with van der Waals surface area (Å²) in [6.45, 7) is 10.2. The number of H-pyrrole nitrogens is 1. The normalized spacial score (nSPS) is 21.1. The quantitative estimate of drug-likeness (QED) is 0.0760. The third kappa shape index (κ3) is 8.62. The van der Waals surface area contributed by atoms with Crippen molar-refractivity contribution in [2.45, 2.75) is 94.2 Å². The van der Waals surface area contributed by atoms with E-state index in [2.05, 4.69) is 67.9 Å². The van der Waals surface area contributed by atoms with Gasteiger partial charge in [0.1, 0.15) is 23.8 Å². The van der Waals surface area contributed by atoms with Gasteiger partial charge in [-0.2, -0.15) is 0 Å². The first-order chi connectivity index (χ1) is 30.6. The molecule has 0 bridgehead atoms. The number of carbonyl (C=O) groups is 1. The molecule has 3 aliphatic heterocycles. The number of aromatic amines is 1. The molecule has 3 N–H and O–H groups in total. The highest BCUT2D eigenvalue weighted by Crippen LogP contribution is 2.54. The molecule has 2 saturated heterocycles. The summed E-state index contributed by atoms with van der Waals surface area (Å²) in [7, 11) is -0.775. The molecular formula is C48H58N8O7S. The van der Waals surface area contributed by atoms with Gasteiger partial charge in [0.15, 0.2) is 11.4 Å². The molecule has 15 nitrogen and oxygen atoms in total. The third-order valence-electron chi connectivity index (χ3n) is 14.0. The fourth-order valence-electron chi connectivity index (χ4n) is 10.3. The van der Waals surface area contributed by atoms with Crippen molar-refractivity contribution in [3.05, 3.63) is 106 Å². The molecule has 1 saturated carbocycles. The number of nitro groups is 1. The predicted octanol–water partition coefficient (Wildman–Crippen LogP) is 8.61. The van der Waals surface area contributed by atoms with Crippen LogP contribution < -0.4 is 24.4 Å². The number of piperidine rings is 1. The number of benzene rings is 3. The monoisotopic (exact) mass is 890 g/mol. The van der Waals surface area contributed by atoms with Crippen molar-refractivity contribution in [2.24, 2.45) is 5.41 Å². The number of aromatic nitrogens is 2. The van der Waals surface area contributed by atoms with Crippen LogP contribution in [0.5, 0.6) is 17.2 Å². The fraction of sp³-hybridized carbons (Fsp3) is 0.458. The smallest absolute Gasteiger partial charge is 0.297 e. The number of amides is 1. The van der Waals surface area contributed by atoms with Gasteiger partial charge in [-0.25, -0.2) is 18.1 Å². The number of likely N-dealkylation sites (tertiary alicyclic amines) is 1. The van der Waals surface area contributed by atoms with Crippen molar-refractivity contribution in [3.8, 4) is 17.2 Å². The van der Waals surface area contributed by atoms with Gasteiger partial charge >= 0.3 is 0 Å². The SMILES string of the molecule is CC(C)c1ccccc1[C@@H]1CCCN1C1CC2(CCN(c3ccc(C(=O)NS(=O)(=O)c4cc5c(c([N+](=O)[O-])c4)NC(C)(CCN(C)C)CO5)c(Oc4cnc5[nH]ccc5c4)c3)CC2)C1. The molecule has 338 valence electrons. The van der Waals surface area contributed by atoms with Crippen LogP contribution in [-0.2, 0) is 10.0 Å². The van der Waals surface area contributed by atoms with Crippen LogP contribution in [0.15, 0.2) is 84.0 Å². The Bertz CT molecular complexity index is 2690. The zero-order chi connectivity index (χ0) is 45.0. The molecule has 3 aromatic carbocycles. The maximum Gasteiger partial charge on any atom is 0.297 e. The highest BCUT2D eigenvalue weighted by Gasteiger charge is 2.50. The molecule has 5 aromatic rings. The highest BCUT2D eigenvalue weighted by molar-refractivity contribution is 7.90. The van der Waals surface area contributed by atoms with E-state index < -0.39 is 37.0 Å². The molecule has 64 heavy (non-hydrogen) atoms. The summed E-state index contributed by atoms with van der Waals surface area (Å²) in [6, 6.07) is 21.0. The van der Waals surface area contributed by atoms with Gasteiger partial charge in [0.2, 0.25) is 0 Å². The molecule has 9 rings (SSSR count). The van der Waals surface area contributed by atoms with Crippen molar-refractivity contribution in [2.75, 3.05) is 57.1 Å². The Balaban J connectivity index is 0.925. The number of carbonyl (C=O) groups excluding carboxylic acids is 1. The molecule has 16 heteroatoms. The van der Waals surface area contributed by atoms with E-state index in [-0.39, 0.29) is 29.4 Å². The maximum atomic E-state index is 14.1.